The highest BCUT2D eigenvalue weighted by molar-refractivity contribution is 7.10. The first-order valence-electron chi connectivity index (χ1n) is 6.58. The predicted molar refractivity (Wildman–Crippen MR) is 82.0 cm³/mol. The van der Waals surface area contributed by atoms with Gasteiger partial charge in [-0.1, -0.05) is 17.7 Å². The van der Waals surface area contributed by atoms with Crippen molar-refractivity contribution in [1.82, 2.24) is 5.32 Å². The first-order chi connectivity index (χ1) is 9.67. The van der Waals surface area contributed by atoms with E-state index in [-0.39, 0.29) is 6.04 Å². The van der Waals surface area contributed by atoms with Crippen molar-refractivity contribution in [3.8, 4) is 11.8 Å². The van der Waals surface area contributed by atoms with E-state index in [1.165, 1.54) is 10.4 Å². The first-order valence-corrected chi connectivity index (χ1v) is 7.45. The van der Waals surface area contributed by atoms with Crippen LogP contribution in [0, 0.1) is 18.3 Å². The van der Waals surface area contributed by atoms with Crippen LogP contribution in [-0.4, -0.2) is 12.6 Å². The molecule has 0 fully saturated rings. The van der Waals surface area contributed by atoms with E-state index in [1.807, 2.05) is 35.7 Å². The van der Waals surface area contributed by atoms with Gasteiger partial charge in [0.05, 0.1) is 5.56 Å². The Morgan fingerprint density at radius 2 is 2.10 bits per heavy atom. The van der Waals surface area contributed by atoms with Gasteiger partial charge in [-0.15, -0.1) is 11.3 Å². The molecule has 0 radical (unpaired) electrons. The molecule has 2 rings (SSSR count). The smallest absolute Gasteiger partial charge is 0.119 e. The number of thiophene rings is 1. The van der Waals surface area contributed by atoms with Gasteiger partial charge in [-0.25, -0.2) is 0 Å². The molecule has 2 aromatic rings. The zero-order chi connectivity index (χ0) is 14.4. The van der Waals surface area contributed by atoms with Crippen LogP contribution in [0.4, 0.5) is 0 Å². The van der Waals surface area contributed by atoms with Gasteiger partial charge < -0.3 is 10.1 Å². The highest BCUT2D eigenvalue weighted by atomic mass is 32.1. The van der Waals surface area contributed by atoms with Crippen LogP contribution in [-0.2, 0) is 6.54 Å². The lowest BCUT2D eigenvalue weighted by molar-refractivity contribution is 0.273. The average Bonchev–Trinajstić information content (AvgIpc) is 2.92. The zero-order valence-electron chi connectivity index (χ0n) is 11.7. The molecule has 0 saturated heterocycles. The number of rotatable bonds is 6. The van der Waals surface area contributed by atoms with Crippen LogP contribution in [0.25, 0.3) is 0 Å². The Kier molecular flexibility index (Phi) is 5.16. The number of benzene rings is 1. The third kappa shape index (κ3) is 4.37. The summed E-state index contributed by atoms with van der Waals surface area (Å²) in [6, 6.07) is 12.4. The maximum absolute atomic E-state index is 8.77. The molecule has 0 bridgehead atoms. The molecule has 1 atom stereocenters. The summed E-state index contributed by atoms with van der Waals surface area (Å²) in [5.41, 5.74) is 1.96. The standard InChI is InChI=1S/C16H18N2OS/c1-12-3-5-15(6-4-12)19-10-13(2)18-9-16-7-14(8-17)11-20-16/h3-7,11,13,18H,9-10H2,1-2H3. The van der Waals surface area contributed by atoms with E-state index in [0.29, 0.717) is 6.61 Å². The van der Waals surface area contributed by atoms with Gasteiger partial charge in [0.25, 0.3) is 0 Å². The summed E-state index contributed by atoms with van der Waals surface area (Å²) in [5.74, 6) is 0.896. The van der Waals surface area contributed by atoms with Gasteiger partial charge in [-0.05, 0) is 32.0 Å². The molecule has 1 aromatic heterocycles. The minimum absolute atomic E-state index is 0.254. The molecule has 1 N–H and O–H groups in total. The van der Waals surface area contributed by atoms with Gasteiger partial charge in [0.1, 0.15) is 18.4 Å². The van der Waals surface area contributed by atoms with E-state index in [9.17, 15) is 0 Å². The molecular weight excluding hydrogens is 268 g/mol. The maximum Gasteiger partial charge on any atom is 0.119 e. The summed E-state index contributed by atoms with van der Waals surface area (Å²) in [6.07, 6.45) is 0. The van der Waals surface area contributed by atoms with Gasteiger partial charge in [0, 0.05) is 22.8 Å². The van der Waals surface area contributed by atoms with Crippen molar-refractivity contribution in [3.63, 3.8) is 0 Å². The van der Waals surface area contributed by atoms with E-state index in [1.54, 1.807) is 11.3 Å². The molecular formula is C16H18N2OS. The molecule has 0 aliphatic carbocycles. The number of nitriles is 1. The number of hydrogen-bond donors (Lipinski definition) is 1. The van der Waals surface area contributed by atoms with Gasteiger partial charge in [-0.3, -0.25) is 0 Å². The van der Waals surface area contributed by atoms with Crippen LogP contribution in [0.2, 0.25) is 0 Å². The van der Waals surface area contributed by atoms with Gasteiger partial charge in [0.2, 0.25) is 0 Å². The van der Waals surface area contributed by atoms with Crippen LogP contribution in [0.3, 0.4) is 0 Å². The highest BCUT2D eigenvalue weighted by Crippen LogP contribution is 2.14. The Morgan fingerprint density at radius 1 is 1.35 bits per heavy atom. The SMILES string of the molecule is Cc1ccc(OCC(C)NCc2cc(C#N)cs2)cc1. The molecule has 3 nitrogen and oxygen atoms in total. The molecule has 104 valence electrons. The minimum Gasteiger partial charge on any atom is -0.492 e. The summed E-state index contributed by atoms with van der Waals surface area (Å²) >= 11 is 1.61. The molecule has 0 saturated carbocycles. The normalized spacial score (nSPS) is 11.8. The summed E-state index contributed by atoms with van der Waals surface area (Å²) in [6.45, 7) is 5.54. The number of aryl methyl sites for hydroxylation is 1. The van der Waals surface area contributed by atoms with Crippen molar-refractivity contribution >= 4 is 11.3 Å². The van der Waals surface area contributed by atoms with Crippen molar-refractivity contribution in [1.29, 1.82) is 5.26 Å². The molecule has 0 amide bonds. The van der Waals surface area contributed by atoms with Gasteiger partial charge >= 0.3 is 0 Å². The summed E-state index contributed by atoms with van der Waals surface area (Å²) in [4.78, 5) is 1.17. The molecule has 4 heteroatoms. The van der Waals surface area contributed by atoms with Crippen LogP contribution >= 0.6 is 11.3 Å². The van der Waals surface area contributed by atoms with Gasteiger partial charge in [-0.2, -0.15) is 5.26 Å². The third-order valence-corrected chi connectivity index (χ3v) is 3.87. The topological polar surface area (TPSA) is 45.0 Å². The zero-order valence-corrected chi connectivity index (χ0v) is 12.5. The number of ether oxygens (including phenoxy) is 1. The predicted octanol–water partition coefficient (Wildman–Crippen LogP) is 3.49. The Bertz CT molecular complexity index is 583. The lowest BCUT2D eigenvalue weighted by Crippen LogP contribution is -2.31. The van der Waals surface area contributed by atoms with Crippen molar-refractivity contribution in [3.05, 3.63) is 51.7 Å². The van der Waals surface area contributed by atoms with Crippen LogP contribution in [0.15, 0.2) is 35.7 Å². The fourth-order valence-corrected chi connectivity index (χ4v) is 2.48. The molecule has 0 aliphatic rings. The monoisotopic (exact) mass is 286 g/mol. The number of hydrogen-bond acceptors (Lipinski definition) is 4. The van der Waals surface area contributed by atoms with Crippen LogP contribution in [0.1, 0.15) is 22.9 Å². The van der Waals surface area contributed by atoms with E-state index in [4.69, 9.17) is 10.00 Å². The molecule has 0 aliphatic heterocycles. The fraction of sp³-hybridized carbons (Fsp3) is 0.312. The van der Waals surface area contributed by atoms with E-state index >= 15 is 0 Å². The molecule has 20 heavy (non-hydrogen) atoms. The van der Waals surface area contributed by atoms with Crippen molar-refractivity contribution in [2.24, 2.45) is 0 Å². The second kappa shape index (κ2) is 7.09. The first kappa shape index (κ1) is 14.6. The summed E-state index contributed by atoms with van der Waals surface area (Å²) < 4.78 is 5.73. The summed E-state index contributed by atoms with van der Waals surface area (Å²) in [5, 5.41) is 14.0. The number of nitrogens with zero attached hydrogens (tertiary/aromatic N) is 1. The molecule has 1 unspecified atom stereocenters. The Morgan fingerprint density at radius 3 is 2.75 bits per heavy atom. The van der Waals surface area contributed by atoms with E-state index in [0.717, 1.165) is 17.9 Å². The van der Waals surface area contributed by atoms with Crippen molar-refractivity contribution in [2.75, 3.05) is 6.61 Å². The largest absolute Gasteiger partial charge is 0.492 e. The maximum atomic E-state index is 8.77. The van der Waals surface area contributed by atoms with E-state index in [2.05, 4.69) is 25.2 Å². The summed E-state index contributed by atoms with van der Waals surface area (Å²) in [7, 11) is 0. The Balaban J connectivity index is 1.74. The van der Waals surface area contributed by atoms with Crippen molar-refractivity contribution in [2.45, 2.75) is 26.4 Å². The average molecular weight is 286 g/mol. The highest BCUT2D eigenvalue weighted by Gasteiger charge is 2.04. The van der Waals surface area contributed by atoms with Crippen LogP contribution in [0.5, 0.6) is 5.75 Å². The van der Waals surface area contributed by atoms with Crippen LogP contribution < -0.4 is 10.1 Å². The Labute approximate surface area is 123 Å². The minimum atomic E-state index is 0.254. The lowest BCUT2D eigenvalue weighted by atomic mass is 10.2. The van der Waals surface area contributed by atoms with Crippen molar-refractivity contribution < 1.29 is 4.74 Å². The lowest BCUT2D eigenvalue weighted by Gasteiger charge is -2.14. The Hall–Kier alpha value is -1.83. The number of nitrogens with one attached hydrogen (secondary N) is 1. The second-order valence-corrected chi connectivity index (χ2v) is 5.82. The van der Waals surface area contributed by atoms with Gasteiger partial charge in [0.15, 0.2) is 0 Å². The molecule has 0 spiro atoms. The molecule has 1 heterocycles. The molecule has 1 aromatic carbocycles. The third-order valence-electron chi connectivity index (χ3n) is 2.93. The quantitative estimate of drug-likeness (QED) is 0.884. The van der Waals surface area contributed by atoms with E-state index < -0.39 is 0 Å². The second-order valence-electron chi connectivity index (χ2n) is 4.82. The fourth-order valence-electron chi connectivity index (χ4n) is 1.72.